The highest BCUT2D eigenvalue weighted by Gasteiger charge is 2.07. The lowest BCUT2D eigenvalue weighted by atomic mass is 10.2. The van der Waals surface area contributed by atoms with Crippen molar-refractivity contribution in [1.29, 1.82) is 0 Å². The largest absolute Gasteiger partial charge is 0.508 e. The Balaban J connectivity index is 2.00. The van der Waals surface area contributed by atoms with Crippen molar-refractivity contribution in [3.8, 4) is 5.75 Å². The smallest absolute Gasteiger partial charge is 0.238 e. The van der Waals surface area contributed by atoms with Gasteiger partial charge in [-0.3, -0.25) is 0 Å². The lowest BCUT2D eigenvalue weighted by Crippen LogP contribution is -2.15. The number of nitrogens with one attached hydrogen (secondary N) is 1. The fraction of sp³-hybridized carbons (Fsp3) is 0.143. The molecule has 0 saturated carbocycles. The van der Waals surface area contributed by atoms with Crippen LogP contribution in [0.1, 0.15) is 11.1 Å². The van der Waals surface area contributed by atoms with Gasteiger partial charge in [0, 0.05) is 19.2 Å². The van der Waals surface area contributed by atoms with Crippen molar-refractivity contribution in [3.63, 3.8) is 0 Å². The van der Waals surface area contributed by atoms with Crippen LogP contribution in [0.2, 0.25) is 0 Å². The van der Waals surface area contributed by atoms with E-state index in [0.717, 1.165) is 11.6 Å². The summed E-state index contributed by atoms with van der Waals surface area (Å²) in [6.45, 7) is 0.728. The van der Waals surface area contributed by atoms with Crippen LogP contribution in [0.4, 0.5) is 4.39 Å². The molecule has 0 fully saturated rings. The Morgan fingerprint density at radius 2 is 1.81 bits per heavy atom. The first-order valence-corrected chi connectivity index (χ1v) is 7.70. The highest BCUT2D eigenvalue weighted by atomic mass is 32.2. The van der Waals surface area contributed by atoms with Crippen molar-refractivity contribution < 1.29 is 17.9 Å². The molecule has 0 bridgehead atoms. The SMILES string of the molecule is NS(=O)(=O)c1cccc(CNCc2cc(O)cc(F)c2)c1. The summed E-state index contributed by atoms with van der Waals surface area (Å²) in [7, 11) is -3.72. The molecular weight excluding hydrogens is 295 g/mol. The normalized spacial score (nSPS) is 11.5. The predicted molar refractivity (Wildman–Crippen MR) is 76.4 cm³/mol. The quantitative estimate of drug-likeness (QED) is 0.779. The lowest BCUT2D eigenvalue weighted by molar-refractivity contribution is 0.467. The van der Waals surface area contributed by atoms with Gasteiger partial charge in [0.25, 0.3) is 0 Å². The zero-order valence-electron chi connectivity index (χ0n) is 11.1. The average Bonchev–Trinajstić information content (AvgIpc) is 2.37. The first-order chi connectivity index (χ1) is 9.84. The Labute approximate surface area is 122 Å². The Morgan fingerprint density at radius 1 is 1.10 bits per heavy atom. The van der Waals surface area contributed by atoms with Crippen LogP contribution in [0, 0.1) is 5.82 Å². The summed E-state index contributed by atoms with van der Waals surface area (Å²) in [5.41, 5.74) is 1.33. The minimum Gasteiger partial charge on any atom is -0.508 e. The molecule has 2 rings (SSSR count). The van der Waals surface area contributed by atoms with Gasteiger partial charge in [0.05, 0.1) is 4.90 Å². The number of rotatable bonds is 5. The van der Waals surface area contributed by atoms with Crippen LogP contribution in [0.5, 0.6) is 5.75 Å². The van der Waals surface area contributed by atoms with Crippen LogP contribution >= 0.6 is 0 Å². The minimum atomic E-state index is -3.72. The van der Waals surface area contributed by atoms with Crippen molar-refractivity contribution >= 4 is 10.0 Å². The monoisotopic (exact) mass is 310 g/mol. The Hall–Kier alpha value is -1.96. The van der Waals surface area contributed by atoms with Gasteiger partial charge in [-0.15, -0.1) is 0 Å². The van der Waals surface area contributed by atoms with Crippen LogP contribution in [0.3, 0.4) is 0 Å². The number of hydrogen-bond acceptors (Lipinski definition) is 4. The second-order valence-corrected chi connectivity index (χ2v) is 6.18. The third kappa shape index (κ3) is 4.52. The molecule has 0 unspecified atom stereocenters. The molecule has 0 heterocycles. The summed E-state index contributed by atoms with van der Waals surface area (Å²) >= 11 is 0. The lowest BCUT2D eigenvalue weighted by Gasteiger charge is -2.07. The van der Waals surface area contributed by atoms with Gasteiger partial charge in [-0.1, -0.05) is 12.1 Å². The van der Waals surface area contributed by atoms with E-state index in [2.05, 4.69) is 5.32 Å². The molecular formula is C14H15FN2O3S. The molecule has 0 aliphatic rings. The Bertz CT molecular complexity index is 727. The van der Waals surface area contributed by atoms with Crippen LogP contribution in [0.15, 0.2) is 47.4 Å². The summed E-state index contributed by atoms with van der Waals surface area (Å²) < 4.78 is 35.6. The van der Waals surface area contributed by atoms with Crippen molar-refractivity contribution in [3.05, 3.63) is 59.4 Å². The molecule has 5 nitrogen and oxygen atoms in total. The fourth-order valence-corrected chi connectivity index (χ4v) is 2.50. The second kappa shape index (κ2) is 6.21. The molecule has 0 saturated heterocycles. The van der Waals surface area contributed by atoms with E-state index in [4.69, 9.17) is 5.14 Å². The molecule has 7 heteroatoms. The van der Waals surface area contributed by atoms with Gasteiger partial charge in [0.15, 0.2) is 0 Å². The van der Waals surface area contributed by atoms with Crippen LogP contribution < -0.4 is 10.5 Å². The van der Waals surface area contributed by atoms with E-state index in [1.165, 1.54) is 24.3 Å². The molecule has 21 heavy (non-hydrogen) atoms. The van der Waals surface area contributed by atoms with Gasteiger partial charge >= 0.3 is 0 Å². The van der Waals surface area contributed by atoms with E-state index < -0.39 is 15.8 Å². The first kappa shape index (κ1) is 15.4. The highest BCUT2D eigenvalue weighted by Crippen LogP contribution is 2.15. The fourth-order valence-electron chi connectivity index (χ4n) is 1.92. The maximum Gasteiger partial charge on any atom is 0.238 e. The summed E-state index contributed by atoms with van der Waals surface area (Å²) in [5.74, 6) is -0.647. The Morgan fingerprint density at radius 3 is 2.48 bits per heavy atom. The van der Waals surface area contributed by atoms with Crippen molar-refractivity contribution in [2.24, 2.45) is 5.14 Å². The molecule has 2 aromatic rings. The number of benzene rings is 2. The van der Waals surface area contributed by atoms with Crippen LogP contribution in [0.25, 0.3) is 0 Å². The third-order valence-corrected chi connectivity index (χ3v) is 3.74. The zero-order chi connectivity index (χ0) is 15.5. The number of primary sulfonamides is 1. The minimum absolute atomic E-state index is 0.0465. The average molecular weight is 310 g/mol. The number of halogens is 1. The van der Waals surface area contributed by atoms with E-state index in [1.807, 2.05) is 0 Å². The molecule has 0 aromatic heterocycles. The zero-order valence-corrected chi connectivity index (χ0v) is 11.9. The van der Waals surface area contributed by atoms with Gasteiger partial charge in [-0.25, -0.2) is 17.9 Å². The van der Waals surface area contributed by atoms with E-state index in [9.17, 15) is 17.9 Å². The topological polar surface area (TPSA) is 92.4 Å². The molecule has 0 amide bonds. The molecule has 4 N–H and O–H groups in total. The number of hydrogen-bond donors (Lipinski definition) is 3. The molecule has 112 valence electrons. The van der Waals surface area contributed by atoms with Crippen LogP contribution in [-0.2, 0) is 23.1 Å². The summed E-state index contributed by atoms with van der Waals surface area (Å²) in [4.78, 5) is 0.0465. The number of nitrogens with two attached hydrogens (primary N) is 1. The predicted octanol–water partition coefficient (Wildman–Crippen LogP) is 1.47. The molecule has 0 radical (unpaired) electrons. The second-order valence-electron chi connectivity index (χ2n) is 4.61. The summed E-state index contributed by atoms with van der Waals surface area (Å²) in [6, 6.07) is 10.0. The maximum atomic E-state index is 13.1. The summed E-state index contributed by atoms with van der Waals surface area (Å²) in [6.07, 6.45) is 0. The molecule has 0 atom stereocenters. The van der Waals surface area contributed by atoms with Gasteiger partial charge in [0.1, 0.15) is 11.6 Å². The summed E-state index contributed by atoms with van der Waals surface area (Å²) in [5, 5.41) is 17.4. The third-order valence-electron chi connectivity index (χ3n) is 2.83. The van der Waals surface area contributed by atoms with Crippen LogP contribution in [-0.4, -0.2) is 13.5 Å². The van der Waals surface area contributed by atoms with Gasteiger partial charge < -0.3 is 10.4 Å². The van der Waals surface area contributed by atoms with E-state index in [1.54, 1.807) is 12.1 Å². The van der Waals surface area contributed by atoms with E-state index in [0.29, 0.717) is 18.7 Å². The number of phenolic OH excluding ortho intramolecular Hbond substituents is 1. The van der Waals surface area contributed by atoms with Crippen molar-refractivity contribution in [2.45, 2.75) is 18.0 Å². The van der Waals surface area contributed by atoms with Gasteiger partial charge in [-0.2, -0.15) is 0 Å². The van der Waals surface area contributed by atoms with Crippen molar-refractivity contribution in [1.82, 2.24) is 5.32 Å². The van der Waals surface area contributed by atoms with E-state index >= 15 is 0 Å². The number of phenols is 1. The number of sulfonamides is 1. The molecule has 0 aliphatic heterocycles. The highest BCUT2D eigenvalue weighted by molar-refractivity contribution is 7.89. The molecule has 2 aromatic carbocycles. The van der Waals surface area contributed by atoms with Gasteiger partial charge in [-0.05, 0) is 35.4 Å². The number of aromatic hydroxyl groups is 1. The maximum absolute atomic E-state index is 13.1. The molecule has 0 spiro atoms. The molecule has 0 aliphatic carbocycles. The van der Waals surface area contributed by atoms with Gasteiger partial charge in [0.2, 0.25) is 10.0 Å². The van der Waals surface area contributed by atoms with Crippen molar-refractivity contribution in [2.75, 3.05) is 0 Å². The van der Waals surface area contributed by atoms with E-state index in [-0.39, 0.29) is 10.6 Å². The standard InChI is InChI=1S/C14H15FN2O3S/c15-12-4-11(5-13(18)7-12)9-17-8-10-2-1-3-14(6-10)21(16,19)20/h1-7,17-18H,8-9H2,(H2,16,19,20). The Kier molecular flexibility index (Phi) is 4.56. The first-order valence-electron chi connectivity index (χ1n) is 6.15.